The highest BCUT2D eigenvalue weighted by atomic mass is 16.3. The van der Waals surface area contributed by atoms with Crippen LogP contribution in [0.1, 0.15) is 26.0 Å². The molecule has 0 spiro atoms. The van der Waals surface area contributed by atoms with Gasteiger partial charge in [-0.05, 0) is 32.9 Å². The van der Waals surface area contributed by atoms with Crippen LogP contribution in [0.5, 0.6) is 0 Å². The number of H-pyrrole nitrogens is 1. The van der Waals surface area contributed by atoms with Crippen molar-refractivity contribution in [3.8, 4) is 0 Å². The molecule has 1 heterocycles. The van der Waals surface area contributed by atoms with Crippen molar-refractivity contribution in [1.29, 1.82) is 0 Å². The van der Waals surface area contributed by atoms with Crippen LogP contribution in [0.15, 0.2) is 12.3 Å². The van der Waals surface area contributed by atoms with Crippen LogP contribution in [0.4, 0.5) is 0 Å². The number of aromatic amines is 1. The largest absolute Gasteiger partial charge is 0.390 e. The van der Waals surface area contributed by atoms with Gasteiger partial charge in [0.2, 0.25) is 0 Å². The summed E-state index contributed by atoms with van der Waals surface area (Å²) in [4.78, 5) is 0. The summed E-state index contributed by atoms with van der Waals surface area (Å²) in [5.74, 6) is 0. The second-order valence-corrected chi connectivity index (χ2v) is 3.82. The molecule has 4 heteroatoms. The van der Waals surface area contributed by atoms with Gasteiger partial charge in [0.1, 0.15) is 0 Å². The van der Waals surface area contributed by atoms with Crippen molar-refractivity contribution in [3.63, 3.8) is 0 Å². The van der Waals surface area contributed by atoms with E-state index in [0.717, 1.165) is 25.2 Å². The number of hydrogen-bond acceptors (Lipinski definition) is 3. The Morgan fingerprint density at radius 3 is 2.92 bits per heavy atom. The zero-order valence-corrected chi connectivity index (χ0v) is 8.17. The van der Waals surface area contributed by atoms with Crippen LogP contribution in [0, 0.1) is 0 Å². The van der Waals surface area contributed by atoms with E-state index in [9.17, 15) is 5.11 Å². The Hall–Kier alpha value is -0.870. The third-order valence-electron chi connectivity index (χ3n) is 1.79. The van der Waals surface area contributed by atoms with Gasteiger partial charge in [-0.3, -0.25) is 5.10 Å². The van der Waals surface area contributed by atoms with Gasteiger partial charge in [0.25, 0.3) is 0 Å². The summed E-state index contributed by atoms with van der Waals surface area (Å²) in [5, 5.41) is 19.3. The highest BCUT2D eigenvalue weighted by Crippen LogP contribution is 2.05. The second kappa shape index (κ2) is 4.39. The van der Waals surface area contributed by atoms with E-state index in [1.54, 1.807) is 6.20 Å². The Bertz CT molecular complexity index is 226. The smallest absolute Gasteiger partial charge is 0.0603 e. The molecule has 1 aromatic rings. The molecule has 0 aliphatic carbocycles. The maximum Gasteiger partial charge on any atom is 0.0603 e. The van der Waals surface area contributed by atoms with Crippen LogP contribution in [0.3, 0.4) is 0 Å². The van der Waals surface area contributed by atoms with Crippen molar-refractivity contribution in [2.45, 2.75) is 32.4 Å². The van der Waals surface area contributed by atoms with E-state index in [-0.39, 0.29) is 0 Å². The normalized spacial score (nSPS) is 11.9. The number of hydrogen-bond donors (Lipinski definition) is 3. The first-order chi connectivity index (χ1) is 6.08. The fourth-order valence-corrected chi connectivity index (χ4v) is 1.00. The Kier molecular flexibility index (Phi) is 3.45. The monoisotopic (exact) mass is 183 g/mol. The summed E-state index contributed by atoms with van der Waals surface area (Å²) < 4.78 is 0. The van der Waals surface area contributed by atoms with Gasteiger partial charge >= 0.3 is 0 Å². The lowest BCUT2D eigenvalue weighted by molar-refractivity contribution is 0.0711. The lowest BCUT2D eigenvalue weighted by Gasteiger charge is -2.16. The zero-order valence-electron chi connectivity index (χ0n) is 8.17. The molecule has 4 nitrogen and oxygen atoms in total. The number of rotatable bonds is 5. The fourth-order valence-electron chi connectivity index (χ4n) is 1.00. The highest BCUT2D eigenvalue weighted by Gasteiger charge is 2.10. The molecule has 0 saturated heterocycles. The van der Waals surface area contributed by atoms with E-state index in [2.05, 4.69) is 15.5 Å². The zero-order chi connectivity index (χ0) is 9.73. The van der Waals surface area contributed by atoms with Gasteiger partial charge in [0.15, 0.2) is 0 Å². The van der Waals surface area contributed by atoms with Gasteiger partial charge in [0.05, 0.1) is 5.60 Å². The van der Waals surface area contributed by atoms with E-state index in [4.69, 9.17) is 0 Å². The van der Waals surface area contributed by atoms with Gasteiger partial charge < -0.3 is 10.4 Å². The summed E-state index contributed by atoms with van der Waals surface area (Å²) in [6, 6.07) is 1.93. The average Bonchev–Trinajstić information content (AvgIpc) is 2.48. The van der Waals surface area contributed by atoms with E-state index < -0.39 is 5.60 Å². The molecule has 0 aliphatic heterocycles. The standard InChI is InChI=1S/C9H17N3O/c1-9(2,13)4-6-10-7-8-3-5-11-12-8/h3,5,10,13H,4,6-7H2,1-2H3,(H,11,12). The molecule has 1 aromatic heterocycles. The predicted molar refractivity (Wildman–Crippen MR) is 51.2 cm³/mol. The molecular weight excluding hydrogens is 166 g/mol. The first-order valence-electron chi connectivity index (χ1n) is 4.49. The van der Waals surface area contributed by atoms with Crippen LogP contribution in [0.2, 0.25) is 0 Å². The van der Waals surface area contributed by atoms with E-state index >= 15 is 0 Å². The summed E-state index contributed by atoms with van der Waals surface area (Å²) in [6.07, 6.45) is 2.48. The Morgan fingerprint density at radius 2 is 2.38 bits per heavy atom. The van der Waals surface area contributed by atoms with Crippen LogP contribution >= 0.6 is 0 Å². The van der Waals surface area contributed by atoms with E-state index in [1.165, 1.54) is 0 Å². The fraction of sp³-hybridized carbons (Fsp3) is 0.667. The van der Waals surface area contributed by atoms with Gasteiger partial charge in [-0.25, -0.2) is 0 Å². The van der Waals surface area contributed by atoms with Crippen molar-refractivity contribution < 1.29 is 5.11 Å². The van der Waals surface area contributed by atoms with Crippen molar-refractivity contribution in [1.82, 2.24) is 15.5 Å². The molecule has 0 fully saturated rings. The first kappa shape index (κ1) is 10.2. The van der Waals surface area contributed by atoms with E-state index in [1.807, 2.05) is 19.9 Å². The minimum absolute atomic E-state index is 0.582. The molecule has 0 amide bonds. The number of nitrogens with one attached hydrogen (secondary N) is 2. The molecule has 0 aliphatic rings. The predicted octanol–water partition coefficient (Wildman–Crippen LogP) is 0.660. The molecule has 0 aromatic carbocycles. The molecular formula is C9H17N3O. The molecule has 74 valence electrons. The number of nitrogens with zero attached hydrogens (tertiary/aromatic N) is 1. The average molecular weight is 183 g/mol. The molecule has 3 N–H and O–H groups in total. The van der Waals surface area contributed by atoms with Crippen LogP contribution in [0.25, 0.3) is 0 Å². The maximum atomic E-state index is 9.41. The van der Waals surface area contributed by atoms with Crippen molar-refractivity contribution in [2.75, 3.05) is 6.54 Å². The summed E-state index contributed by atoms with van der Waals surface area (Å²) in [7, 11) is 0. The number of aromatic nitrogens is 2. The summed E-state index contributed by atoms with van der Waals surface area (Å²) in [5.41, 5.74) is 0.483. The van der Waals surface area contributed by atoms with Gasteiger partial charge in [-0.2, -0.15) is 5.10 Å². The Labute approximate surface area is 78.4 Å². The van der Waals surface area contributed by atoms with Crippen molar-refractivity contribution in [2.24, 2.45) is 0 Å². The summed E-state index contributed by atoms with van der Waals surface area (Å²) >= 11 is 0. The molecule has 0 radical (unpaired) electrons. The van der Waals surface area contributed by atoms with Crippen LogP contribution < -0.4 is 5.32 Å². The van der Waals surface area contributed by atoms with Crippen LogP contribution in [-0.2, 0) is 6.54 Å². The quantitative estimate of drug-likeness (QED) is 0.588. The molecule has 0 saturated carbocycles. The molecule has 0 atom stereocenters. The third-order valence-corrected chi connectivity index (χ3v) is 1.79. The molecule has 13 heavy (non-hydrogen) atoms. The molecule has 1 rings (SSSR count). The third kappa shape index (κ3) is 4.65. The lowest BCUT2D eigenvalue weighted by Crippen LogP contribution is -2.26. The molecule has 0 unspecified atom stereocenters. The van der Waals surface area contributed by atoms with Gasteiger partial charge in [-0.15, -0.1) is 0 Å². The topological polar surface area (TPSA) is 60.9 Å². The Morgan fingerprint density at radius 1 is 1.62 bits per heavy atom. The number of aliphatic hydroxyl groups is 1. The van der Waals surface area contributed by atoms with E-state index in [0.29, 0.717) is 0 Å². The first-order valence-corrected chi connectivity index (χ1v) is 4.49. The SMILES string of the molecule is CC(C)(O)CCNCc1ccn[nH]1. The lowest BCUT2D eigenvalue weighted by atomic mass is 10.1. The van der Waals surface area contributed by atoms with Gasteiger partial charge in [-0.1, -0.05) is 0 Å². The summed E-state index contributed by atoms with van der Waals surface area (Å²) in [6.45, 7) is 5.20. The van der Waals surface area contributed by atoms with Crippen molar-refractivity contribution >= 4 is 0 Å². The van der Waals surface area contributed by atoms with Gasteiger partial charge in [0, 0.05) is 18.4 Å². The Balaban J connectivity index is 2.09. The maximum absolute atomic E-state index is 9.41. The molecule has 0 bridgehead atoms. The minimum atomic E-state index is -0.582. The van der Waals surface area contributed by atoms with Crippen molar-refractivity contribution in [3.05, 3.63) is 18.0 Å². The minimum Gasteiger partial charge on any atom is -0.390 e. The van der Waals surface area contributed by atoms with Crippen LogP contribution in [-0.4, -0.2) is 27.4 Å². The second-order valence-electron chi connectivity index (χ2n) is 3.82. The highest BCUT2D eigenvalue weighted by molar-refractivity contribution is 4.96.